The van der Waals surface area contributed by atoms with Crippen molar-refractivity contribution in [2.45, 2.75) is 19.9 Å². The van der Waals surface area contributed by atoms with Crippen molar-refractivity contribution in [3.05, 3.63) is 95.1 Å². The Hall–Kier alpha value is -4.20. The molecule has 8 heteroatoms. The standard InChI is InChI=1S/C27H23F2NO5/c1-3-34-19-10-5-16(6-11-19)24-23(25(31)17-7-12-20(13-8-17)35-4-2)26(32)27(33)30(24)18-9-14-21(28)22(29)15-18/h5-15,24,31H,3-4H2,1-2H3/b25-23+. The molecule has 1 N–H and O–H groups in total. The number of ether oxygens (including phenoxy) is 2. The Kier molecular flexibility index (Phi) is 6.82. The number of Topliss-reactive ketones (excluding diaryl/α,β-unsaturated/α-hetero) is 1. The molecule has 1 unspecified atom stereocenters. The van der Waals surface area contributed by atoms with Gasteiger partial charge in [0.1, 0.15) is 17.3 Å². The van der Waals surface area contributed by atoms with E-state index in [0.717, 1.165) is 17.0 Å². The van der Waals surface area contributed by atoms with Crippen LogP contribution in [0.1, 0.15) is 31.0 Å². The summed E-state index contributed by atoms with van der Waals surface area (Å²) < 4.78 is 38.5. The van der Waals surface area contributed by atoms with Gasteiger partial charge in [0.2, 0.25) is 0 Å². The van der Waals surface area contributed by atoms with E-state index in [1.54, 1.807) is 48.5 Å². The summed E-state index contributed by atoms with van der Waals surface area (Å²) in [5.41, 5.74) is 0.584. The average Bonchev–Trinajstić information content (AvgIpc) is 3.12. The van der Waals surface area contributed by atoms with Crippen molar-refractivity contribution >= 4 is 23.1 Å². The van der Waals surface area contributed by atoms with E-state index in [0.29, 0.717) is 35.8 Å². The molecule has 3 aromatic carbocycles. The lowest BCUT2D eigenvalue weighted by atomic mass is 9.95. The van der Waals surface area contributed by atoms with Gasteiger partial charge >= 0.3 is 0 Å². The second-order valence-corrected chi connectivity index (χ2v) is 7.73. The minimum atomic E-state index is -1.17. The maximum Gasteiger partial charge on any atom is 0.300 e. The van der Waals surface area contributed by atoms with Crippen LogP contribution in [0.5, 0.6) is 11.5 Å². The zero-order chi connectivity index (χ0) is 25.1. The van der Waals surface area contributed by atoms with Crippen LogP contribution in [0.15, 0.2) is 72.3 Å². The van der Waals surface area contributed by atoms with Crippen LogP contribution in [0.2, 0.25) is 0 Å². The smallest absolute Gasteiger partial charge is 0.300 e. The molecule has 1 aliphatic rings. The van der Waals surface area contributed by atoms with Gasteiger partial charge in [-0.2, -0.15) is 0 Å². The van der Waals surface area contributed by atoms with Gasteiger partial charge in [0, 0.05) is 17.3 Å². The highest BCUT2D eigenvalue weighted by molar-refractivity contribution is 6.51. The number of amides is 1. The van der Waals surface area contributed by atoms with Gasteiger partial charge in [0.15, 0.2) is 11.6 Å². The maximum absolute atomic E-state index is 14.1. The van der Waals surface area contributed by atoms with Gasteiger partial charge in [-0.1, -0.05) is 12.1 Å². The van der Waals surface area contributed by atoms with Gasteiger partial charge in [0.05, 0.1) is 24.8 Å². The molecule has 35 heavy (non-hydrogen) atoms. The Labute approximate surface area is 201 Å². The molecule has 1 heterocycles. The third kappa shape index (κ3) is 4.59. The van der Waals surface area contributed by atoms with Gasteiger partial charge in [-0.05, 0) is 67.9 Å². The van der Waals surface area contributed by atoms with Crippen molar-refractivity contribution in [3.8, 4) is 11.5 Å². The monoisotopic (exact) mass is 479 g/mol. The molecule has 180 valence electrons. The Morgan fingerprint density at radius 1 is 0.857 bits per heavy atom. The quantitative estimate of drug-likeness (QED) is 0.279. The summed E-state index contributed by atoms with van der Waals surface area (Å²) in [6.07, 6.45) is 0. The number of nitrogens with zero attached hydrogens (tertiary/aromatic N) is 1. The highest BCUT2D eigenvalue weighted by Crippen LogP contribution is 2.42. The summed E-state index contributed by atoms with van der Waals surface area (Å²) in [6, 6.07) is 14.9. The second kappa shape index (κ2) is 9.97. The summed E-state index contributed by atoms with van der Waals surface area (Å²) in [6.45, 7) is 4.58. The lowest BCUT2D eigenvalue weighted by Gasteiger charge is -2.25. The summed E-state index contributed by atoms with van der Waals surface area (Å²) in [5.74, 6) is -3.40. The summed E-state index contributed by atoms with van der Waals surface area (Å²) in [4.78, 5) is 27.3. The van der Waals surface area contributed by atoms with E-state index in [1.165, 1.54) is 6.07 Å². The zero-order valence-electron chi connectivity index (χ0n) is 19.1. The molecule has 0 aliphatic carbocycles. The van der Waals surface area contributed by atoms with Gasteiger partial charge < -0.3 is 14.6 Å². The van der Waals surface area contributed by atoms with Crippen LogP contribution in [0.25, 0.3) is 5.76 Å². The fraction of sp³-hybridized carbons (Fsp3) is 0.185. The van der Waals surface area contributed by atoms with E-state index in [2.05, 4.69) is 0 Å². The second-order valence-electron chi connectivity index (χ2n) is 7.73. The first-order valence-corrected chi connectivity index (χ1v) is 11.1. The molecule has 1 atom stereocenters. The van der Waals surface area contributed by atoms with E-state index < -0.39 is 35.1 Å². The lowest BCUT2D eigenvalue weighted by molar-refractivity contribution is -0.132. The molecule has 4 rings (SSSR count). The van der Waals surface area contributed by atoms with Crippen LogP contribution < -0.4 is 14.4 Å². The molecule has 0 aromatic heterocycles. The molecule has 0 saturated carbocycles. The third-order valence-corrected chi connectivity index (χ3v) is 5.57. The van der Waals surface area contributed by atoms with Gasteiger partial charge in [-0.3, -0.25) is 14.5 Å². The molecule has 0 bridgehead atoms. The zero-order valence-corrected chi connectivity index (χ0v) is 19.1. The Morgan fingerprint density at radius 2 is 1.43 bits per heavy atom. The number of carbonyl (C=O) groups is 2. The van der Waals surface area contributed by atoms with Crippen molar-refractivity contribution in [2.75, 3.05) is 18.1 Å². The van der Waals surface area contributed by atoms with Gasteiger partial charge in [0.25, 0.3) is 11.7 Å². The Morgan fingerprint density at radius 3 is 1.97 bits per heavy atom. The van der Waals surface area contributed by atoms with E-state index >= 15 is 0 Å². The number of carbonyl (C=O) groups excluding carboxylic acids is 2. The molecule has 1 aliphatic heterocycles. The number of halogens is 2. The number of aliphatic hydroxyl groups excluding tert-OH is 1. The molecule has 1 saturated heterocycles. The van der Waals surface area contributed by atoms with Crippen molar-refractivity contribution < 1.29 is 33.0 Å². The predicted octanol–water partition coefficient (Wildman–Crippen LogP) is 5.39. The molecular formula is C27H23F2NO5. The van der Waals surface area contributed by atoms with Gasteiger partial charge in [-0.25, -0.2) is 8.78 Å². The number of hydrogen-bond acceptors (Lipinski definition) is 5. The normalized spacial score (nSPS) is 17.0. The maximum atomic E-state index is 14.1. The number of ketones is 1. The van der Waals surface area contributed by atoms with E-state index in [9.17, 15) is 23.5 Å². The first-order chi connectivity index (χ1) is 16.8. The molecule has 0 spiro atoms. The number of rotatable bonds is 7. The van der Waals surface area contributed by atoms with E-state index in [4.69, 9.17) is 9.47 Å². The predicted molar refractivity (Wildman–Crippen MR) is 126 cm³/mol. The average molecular weight is 479 g/mol. The van der Waals surface area contributed by atoms with Gasteiger partial charge in [-0.15, -0.1) is 0 Å². The highest BCUT2D eigenvalue weighted by atomic mass is 19.2. The Bertz CT molecular complexity index is 1290. The first-order valence-electron chi connectivity index (χ1n) is 11.1. The number of hydrogen-bond donors (Lipinski definition) is 1. The molecule has 0 radical (unpaired) electrons. The summed E-state index contributed by atoms with van der Waals surface area (Å²) in [7, 11) is 0. The number of anilines is 1. The van der Waals surface area contributed by atoms with Crippen LogP contribution in [-0.4, -0.2) is 30.0 Å². The molecule has 1 amide bonds. The first kappa shape index (κ1) is 23.9. The van der Waals surface area contributed by atoms with Crippen LogP contribution in [0.4, 0.5) is 14.5 Å². The SMILES string of the molecule is CCOc1ccc(/C(O)=C2\C(=O)C(=O)N(c3ccc(F)c(F)c3)C2c2ccc(OCC)cc2)cc1. The summed E-state index contributed by atoms with van der Waals surface area (Å²) >= 11 is 0. The Balaban J connectivity index is 1.87. The lowest BCUT2D eigenvalue weighted by Crippen LogP contribution is -2.29. The molecule has 6 nitrogen and oxygen atoms in total. The summed E-state index contributed by atoms with van der Waals surface area (Å²) in [5, 5.41) is 11.1. The largest absolute Gasteiger partial charge is 0.507 e. The fourth-order valence-corrected chi connectivity index (χ4v) is 3.99. The topological polar surface area (TPSA) is 76.1 Å². The molecule has 3 aromatic rings. The van der Waals surface area contributed by atoms with Crippen LogP contribution in [0.3, 0.4) is 0 Å². The molecular weight excluding hydrogens is 456 g/mol. The van der Waals surface area contributed by atoms with Crippen molar-refractivity contribution in [1.29, 1.82) is 0 Å². The van der Waals surface area contributed by atoms with Crippen molar-refractivity contribution in [1.82, 2.24) is 0 Å². The minimum Gasteiger partial charge on any atom is -0.507 e. The highest BCUT2D eigenvalue weighted by Gasteiger charge is 2.47. The number of benzene rings is 3. The molecule has 1 fully saturated rings. The third-order valence-electron chi connectivity index (χ3n) is 5.57. The number of aliphatic hydroxyl groups is 1. The van der Waals surface area contributed by atoms with Crippen molar-refractivity contribution in [3.63, 3.8) is 0 Å². The van der Waals surface area contributed by atoms with E-state index in [1.807, 2.05) is 13.8 Å². The minimum absolute atomic E-state index is 0.0179. The van der Waals surface area contributed by atoms with Crippen LogP contribution in [-0.2, 0) is 9.59 Å². The van der Waals surface area contributed by atoms with Crippen molar-refractivity contribution in [2.24, 2.45) is 0 Å². The fourth-order valence-electron chi connectivity index (χ4n) is 3.99. The van der Waals surface area contributed by atoms with Crippen LogP contribution >= 0.6 is 0 Å². The van der Waals surface area contributed by atoms with E-state index in [-0.39, 0.29) is 11.3 Å². The van der Waals surface area contributed by atoms with Crippen LogP contribution in [0, 0.1) is 11.6 Å².